The van der Waals surface area contributed by atoms with Crippen LogP contribution in [0.5, 0.6) is 0 Å². The van der Waals surface area contributed by atoms with Crippen molar-refractivity contribution in [3.8, 4) is 0 Å². The summed E-state index contributed by atoms with van der Waals surface area (Å²) >= 11 is 0. The number of rotatable bonds is 6. The first kappa shape index (κ1) is 13.1. The van der Waals surface area contributed by atoms with Gasteiger partial charge in [-0.3, -0.25) is 0 Å². The second-order valence-corrected chi connectivity index (χ2v) is 4.84. The molecule has 1 heterocycles. The predicted octanol–water partition coefficient (Wildman–Crippen LogP) is 1.49. The molecule has 5 heteroatoms. The molecule has 0 spiro atoms. The number of hydrogen-bond acceptors (Lipinski definition) is 5. The Bertz CT molecular complexity index is 362. The summed E-state index contributed by atoms with van der Waals surface area (Å²) in [6.07, 6.45) is 6.88. The summed E-state index contributed by atoms with van der Waals surface area (Å²) < 4.78 is 0. The van der Waals surface area contributed by atoms with E-state index in [1.54, 1.807) is 6.33 Å². The van der Waals surface area contributed by atoms with Gasteiger partial charge in [0.05, 0.1) is 0 Å². The molecule has 5 nitrogen and oxygen atoms in total. The maximum absolute atomic E-state index is 4.37. The van der Waals surface area contributed by atoms with Gasteiger partial charge in [0.2, 0.25) is 0 Å². The molecule has 0 aliphatic heterocycles. The molecule has 1 aromatic rings. The van der Waals surface area contributed by atoms with E-state index in [-0.39, 0.29) is 0 Å². The monoisotopic (exact) mass is 249 g/mol. The van der Waals surface area contributed by atoms with Gasteiger partial charge in [0, 0.05) is 32.2 Å². The Morgan fingerprint density at radius 3 is 2.78 bits per heavy atom. The van der Waals surface area contributed by atoms with Crippen molar-refractivity contribution in [2.24, 2.45) is 0 Å². The lowest BCUT2D eigenvalue weighted by atomic mass is 10.2. The third-order valence-electron chi connectivity index (χ3n) is 3.57. The first-order valence-corrected chi connectivity index (χ1v) is 6.74. The molecule has 0 saturated heterocycles. The van der Waals surface area contributed by atoms with Crippen molar-refractivity contribution in [2.75, 3.05) is 37.4 Å². The maximum atomic E-state index is 4.37. The molecule has 2 rings (SSSR count). The van der Waals surface area contributed by atoms with E-state index >= 15 is 0 Å². The van der Waals surface area contributed by atoms with Crippen molar-refractivity contribution in [3.63, 3.8) is 0 Å². The van der Waals surface area contributed by atoms with Crippen molar-refractivity contribution in [2.45, 2.75) is 31.7 Å². The van der Waals surface area contributed by atoms with Crippen LogP contribution in [0.25, 0.3) is 0 Å². The SMILES string of the molecule is CNCCNc1cc(N(C)C2CCCC2)ncn1. The molecule has 1 aromatic heterocycles. The average Bonchev–Trinajstić information content (AvgIpc) is 2.92. The van der Waals surface area contributed by atoms with Crippen LogP contribution >= 0.6 is 0 Å². The highest BCUT2D eigenvalue weighted by Crippen LogP contribution is 2.26. The third-order valence-corrected chi connectivity index (χ3v) is 3.57. The largest absolute Gasteiger partial charge is 0.369 e. The summed E-state index contributed by atoms with van der Waals surface area (Å²) in [5.74, 6) is 1.92. The molecule has 1 aliphatic carbocycles. The molecule has 1 saturated carbocycles. The quantitative estimate of drug-likeness (QED) is 0.748. The lowest BCUT2D eigenvalue weighted by Gasteiger charge is -2.25. The number of likely N-dealkylation sites (N-methyl/N-ethyl adjacent to an activating group) is 1. The van der Waals surface area contributed by atoms with E-state index in [0.717, 1.165) is 24.7 Å². The summed E-state index contributed by atoms with van der Waals surface area (Å²) in [5.41, 5.74) is 0. The highest BCUT2D eigenvalue weighted by Gasteiger charge is 2.20. The minimum atomic E-state index is 0.644. The van der Waals surface area contributed by atoms with Crippen LogP contribution in [0.3, 0.4) is 0 Å². The molecule has 1 aliphatic rings. The van der Waals surface area contributed by atoms with Gasteiger partial charge in [0.15, 0.2) is 0 Å². The normalized spacial score (nSPS) is 15.9. The van der Waals surface area contributed by atoms with E-state index in [1.807, 2.05) is 13.1 Å². The maximum Gasteiger partial charge on any atom is 0.134 e. The zero-order chi connectivity index (χ0) is 12.8. The van der Waals surface area contributed by atoms with Crippen LogP contribution in [0.2, 0.25) is 0 Å². The van der Waals surface area contributed by atoms with Crippen molar-refractivity contribution >= 4 is 11.6 Å². The Morgan fingerprint density at radius 2 is 2.06 bits per heavy atom. The molecule has 2 N–H and O–H groups in total. The van der Waals surface area contributed by atoms with Crippen LogP contribution in [0.4, 0.5) is 11.6 Å². The summed E-state index contributed by atoms with van der Waals surface area (Å²) in [7, 11) is 4.08. The fourth-order valence-corrected chi connectivity index (χ4v) is 2.43. The van der Waals surface area contributed by atoms with E-state index in [0.29, 0.717) is 6.04 Å². The number of nitrogens with zero attached hydrogens (tertiary/aromatic N) is 3. The minimum absolute atomic E-state index is 0.644. The Morgan fingerprint density at radius 1 is 1.28 bits per heavy atom. The van der Waals surface area contributed by atoms with Gasteiger partial charge in [-0.05, 0) is 19.9 Å². The van der Waals surface area contributed by atoms with Crippen molar-refractivity contribution in [3.05, 3.63) is 12.4 Å². The first-order valence-electron chi connectivity index (χ1n) is 6.74. The summed E-state index contributed by atoms with van der Waals surface area (Å²) in [5, 5.41) is 6.39. The van der Waals surface area contributed by atoms with Gasteiger partial charge in [-0.2, -0.15) is 0 Å². The average molecular weight is 249 g/mol. The zero-order valence-electron chi connectivity index (χ0n) is 11.3. The van der Waals surface area contributed by atoms with Gasteiger partial charge in [0.25, 0.3) is 0 Å². The molecule has 18 heavy (non-hydrogen) atoms. The molecule has 1 fully saturated rings. The van der Waals surface area contributed by atoms with E-state index in [1.165, 1.54) is 25.7 Å². The molecule has 0 radical (unpaired) electrons. The molecule has 0 amide bonds. The zero-order valence-corrected chi connectivity index (χ0v) is 11.3. The van der Waals surface area contributed by atoms with Gasteiger partial charge in [0.1, 0.15) is 18.0 Å². The minimum Gasteiger partial charge on any atom is -0.369 e. The van der Waals surface area contributed by atoms with Gasteiger partial charge >= 0.3 is 0 Å². The molecule has 0 unspecified atom stereocenters. The topological polar surface area (TPSA) is 53.1 Å². The molecule has 0 aromatic carbocycles. The lowest BCUT2D eigenvalue weighted by Crippen LogP contribution is -2.29. The standard InChI is InChI=1S/C13H23N5/c1-14-7-8-15-12-9-13(17-10-16-12)18(2)11-5-3-4-6-11/h9-11,14H,3-8H2,1-2H3,(H,15,16,17). The van der Waals surface area contributed by atoms with E-state index in [2.05, 4.69) is 32.5 Å². The van der Waals surface area contributed by atoms with E-state index < -0.39 is 0 Å². The van der Waals surface area contributed by atoms with Crippen LogP contribution in [0.15, 0.2) is 12.4 Å². The fourth-order valence-electron chi connectivity index (χ4n) is 2.43. The Balaban J connectivity index is 1.97. The smallest absolute Gasteiger partial charge is 0.134 e. The van der Waals surface area contributed by atoms with Crippen molar-refractivity contribution in [1.82, 2.24) is 15.3 Å². The van der Waals surface area contributed by atoms with E-state index in [9.17, 15) is 0 Å². The van der Waals surface area contributed by atoms with Gasteiger partial charge in [-0.15, -0.1) is 0 Å². The first-order chi connectivity index (χ1) is 8.81. The summed E-state index contributed by atoms with van der Waals surface area (Å²) in [6.45, 7) is 1.80. The third kappa shape index (κ3) is 3.32. The van der Waals surface area contributed by atoms with Crippen molar-refractivity contribution in [1.29, 1.82) is 0 Å². The molecular formula is C13H23N5. The second-order valence-electron chi connectivity index (χ2n) is 4.84. The molecular weight excluding hydrogens is 226 g/mol. The summed E-state index contributed by atoms with van der Waals surface area (Å²) in [4.78, 5) is 10.9. The van der Waals surface area contributed by atoms with E-state index in [4.69, 9.17) is 0 Å². The summed E-state index contributed by atoms with van der Waals surface area (Å²) in [6, 6.07) is 2.68. The Hall–Kier alpha value is -1.36. The van der Waals surface area contributed by atoms with Crippen LogP contribution in [-0.2, 0) is 0 Å². The fraction of sp³-hybridized carbons (Fsp3) is 0.692. The predicted molar refractivity (Wildman–Crippen MR) is 75.1 cm³/mol. The van der Waals surface area contributed by atoms with Gasteiger partial charge < -0.3 is 15.5 Å². The van der Waals surface area contributed by atoms with Crippen LogP contribution < -0.4 is 15.5 Å². The highest BCUT2D eigenvalue weighted by atomic mass is 15.2. The molecule has 0 bridgehead atoms. The van der Waals surface area contributed by atoms with Gasteiger partial charge in [-0.25, -0.2) is 9.97 Å². The van der Waals surface area contributed by atoms with Gasteiger partial charge in [-0.1, -0.05) is 12.8 Å². The van der Waals surface area contributed by atoms with Crippen LogP contribution in [0.1, 0.15) is 25.7 Å². The number of aromatic nitrogens is 2. The van der Waals surface area contributed by atoms with Crippen molar-refractivity contribution < 1.29 is 0 Å². The lowest BCUT2D eigenvalue weighted by molar-refractivity contribution is 0.646. The van der Waals surface area contributed by atoms with Crippen LogP contribution in [-0.4, -0.2) is 43.2 Å². The molecule has 0 atom stereocenters. The molecule has 100 valence electrons. The number of anilines is 2. The Kier molecular flexibility index (Phi) is 4.75. The number of nitrogens with one attached hydrogen (secondary N) is 2. The number of hydrogen-bond donors (Lipinski definition) is 2. The highest BCUT2D eigenvalue weighted by molar-refractivity contribution is 5.48. The Labute approximate surface area is 109 Å². The van der Waals surface area contributed by atoms with Crippen LogP contribution in [0, 0.1) is 0 Å². The second kappa shape index (κ2) is 6.54.